The van der Waals surface area contributed by atoms with Crippen LogP contribution in [0.15, 0.2) is 55.2 Å². The number of aryl methyl sites for hydroxylation is 2. The van der Waals surface area contributed by atoms with Crippen molar-refractivity contribution < 1.29 is 4.39 Å². The lowest BCUT2D eigenvalue weighted by Gasteiger charge is -2.04. The quantitative estimate of drug-likeness (QED) is 0.590. The summed E-state index contributed by atoms with van der Waals surface area (Å²) < 4.78 is 13.2. The van der Waals surface area contributed by atoms with Crippen LogP contribution in [0.5, 0.6) is 0 Å². The highest BCUT2D eigenvalue weighted by Gasteiger charge is 2.10. The summed E-state index contributed by atoms with van der Waals surface area (Å²) in [5.74, 6) is -0.319. The number of H-pyrrole nitrogens is 1. The van der Waals surface area contributed by atoms with E-state index in [2.05, 4.69) is 26.0 Å². The van der Waals surface area contributed by atoms with Crippen LogP contribution in [0, 0.1) is 17.1 Å². The standard InChI is InChI=1S/C21H16FN5/c22-18-8-15(10-24-13-18)2-4-19-3-1-14(11-26-19)7-17-12-27-21-20(17)16(9-23)5-6-25-21/h1,3,5-6,8,10-13H,2,4,7H2,(H,25,27). The fourth-order valence-corrected chi connectivity index (χ4v) is 3.15. The van der Waals surface area contributed by atoms with Gasteiger partial charge in [-0.25, -0.2) is 9.37 Å². The van der Waals surface area contributed by atoms with Gasteiger partial charge in [-0.15, -0.1) is 0 Å². The molecule has 1 N–H and O–H groups in total. The van der Waals surface area contributed by atoms with Crippen molar-refractivity contribution in [2.75, 3.05) is 0 Å². The molecule has 0 saturated carbocycles. The molecular formula is C21H16FN5. The van der Waals surface area contributed by atoms with E-state index < -0.39 is 0 Å². The lowest BCUT2D eigenvalue weighted by atomic mass is 10.0. The van der Waals surface area contributed by atoms with Crippen LogP contribution in [0.2, 0.25) is 0 Å². The number of hydrogen-bond donors (Lipinski definition) is 1. The average Bonchev–Trinajstić information content (AvgIpc) is 3.10. The summed E-state index contributed by atoms with van der Waals surface area (Å²) in [6.45, 7) is 0. The zero-order valence-electron chi connectivity index (χ0n) is 14.5. The summed E-state index contributed by atoms with van der Waals surface area (Å²) in [6, 6.07) is 9.47. The number of aromatic nitrogens is 4. The van der Waals surface area contributed by atoms with Crippen LogP contribution >= 0.6 is 0 Å². The molecule has 0 aliphatic rings. The largest absolute Gasteiger partial charge is 0.346 e. The van der Waals surface area contributed by atoms with Gasteiger partial charge in [0.05, 0.1) is 17.8 Å². The minimum atomic E-state index is -0.319. The molecule has 0 spiro atoms. The molecule has 0 saturated heterocycles. The Balaban J connectivity index is 1.48. The van der Waals surface area contributed by atoms with Gasteiger partial charge in [0.2, 0.25) is 0 Å². The fourth-order valence-electron chi connectivity index (χ4n) is 3.15. The van der Waals surface area contributed by atoms with Crippen molar-refractivity contribution in [2.24, 2.45) is 0 Å². The summed E-state index contributed by atoms with van der Waals surface area (Å²) in [4.78, 5) is 15.8. The van der Waals surface area contributed by atoms with Gasteiger partial charge < -0.3 is 4.98 Å². The fraction of sp³-hybridized carbons (Fsp3) is 0.143. The minimum absolute atomic E-state index is 0.319. The van der Waals surface area contributed by atoms with Gasteiger partial charge in [-0.1, -0.05) is 6.07 Å². The molecule has 0 amide bonds. The second kappa shape index (κ2) is 7.34. The molecule has 0 radical (unpaired) electrons. The second-order valence-corrected chi connectivity index (χ2v) is 6.35. The van der Waals surface area contributed by atoms with E-state index in [0.29, 0.717) is 18.4 Å². The summed E-state index contributed by atoms with van der Waals surface area (Å²) in [6.07, 6.45) is 10.3. The van der Waals surface area contributed by atoms with Crippen molar-refractivity contribution in [3.8, 4) is 6.07 Å². The number of hydrogen-bond acceptors (Lipinski definition) is 4. The molecule has 0 atom stereocenters. The molecule has 5 nitrogen and oxygen atoms in total. The third kappa shape index (κ3) is 3.67. The Bertz CT molecular complexity index is 1130. The number of aromatic amines is 1. The van der Waals surface area contributed by atoms with Gasteiger partial charge in [0.15, 0.2) is 0 Å². The van der Waals surface area contributed by atoms with E-state index in [9.17, 15) is 9.65 Å². The number of nitrogens with zero attached hydrogens (tertiary/aromatic N) is 4. The van der Waals surface area contributed by atoms with Crippen molar-refractivity contribution in [1.82, 2.24) is 19.9 Å². The molecular weight excluding hydrogens is 341 g/mol. The number of nitriles is 1. The van der Waals surface area contributed by atoms with E-state index in [1.165, 1.54) is 12.3 Å². The Morgan fingerprint density at radius 3 is 2.74 bits per heavy atom. The van der Waals surface area contributed by atoms with Crippen molar-refractivity contribution in [1.29, 1.82) is 5.26 Å². The first kappa shape index (κ1) is 16.9. The SMILES string of the molecule is N#Cc1ccnc2[nH]cc(Cc3ccc(CCc4cncc(F)c4)nc3)c12. The maximum Gasteiger partial charge on any atom is 0.141 e. The summed E-state index contributed by atoms with van der Waals surface area (Å²) in [7, 11) is 0. The van der Waals surface area contributed by atoms with E-state index in [-0.39, 0.29) is 5.82 Å². The number of rotatable bonds is 5. The monoisotopic (exact) mass is 357 g/mol. The van der Waals surface area contributed by atoms with Crippen molar-refractivity contribution in [3.63, 3.8) is 0 Å². The molecule has 4 rings (SSSR count). The Kier molecular flexibility index (Phi) is 4.58. The molecule has 4 aromatic rings. The Morgan fingerprint density at radius 2 is 1.96 bits per heavy atom. The van der Waals surface area contributed by atoms with Gasteiger partial charge in [0.25, 0.3) is 0 Å². The molecule has 27 heavy (non-hydrogen) atoms. The van der Waals surface area contributed by atoms with Crippen LogP contribution in [-0.4, -0.2) is 19.9 Å². The first-order valence-corrected chi connectivity index (χ1v) is 8.61. The molecule has 4 aromatic heterocycles. The maximum atomic E-state index is 13.2. The van der Waals surface area contributed by atoms with Crippen LogP contribution in [0.4, 0.5) is 4.39 Å². The van der Waals surface area contributed by atoms with Crippen molar-refractivity contribution in [2.45, 2.75) is 19.3 Å². The first-order valence-electron chi connectivity index (χ1n) is 8.61. The van der Waals surface area contributed by atoms with Crippen molar-refractivity contribution >= 4 is 11.0 Å². The van der Waals surface area contributed by atoms with Gasteiger partial charge in [-0.05, 0) is 47.7 Å². The van der Waals surface area contributed by atoms with Gasteiger partial charge in [0.1, 0.15) is 11.5 Å². The molecule has 0 aromatic carbocycles. The van der Waals surface area contributed by atoms with Gasteiger partial charge >= 0.3 is 0 Å². The predicted octanol–water partition coefficient (Wildman–Crippen LogP) is 3.74. The van der Waals surface area contributed by atoms with Gasteiger partial charge in [-0.2, -0.15) is 5.26 Å². The van der Waals surface area contributed by atoms with Gasteiger partial charge in [-0.3, -0.25) is 9.97 Å². The zero-order chi connectivity index (χ0) is 18.6. The Hall–Kier alpha value is -3.59. The maximum absolute atomic E-state index is 13.2. The minimum Gasteiger partial charge on any atom is -0.346 e. The Morgan fingerprint density at radius 1 is 1.04 bits per heavy atom. The van der Waals surface area contributed by atoms with E-state index in [0.717, 1.165) is 39.8 Å². The lowest BCUT2D eigenvalue weighted by molar-refractivity contribution is 0.618. The topological polar surface area (TPSA) is 78.2 Å². The molecule has 0 bridgehead atoms. The van der Waals surface area contributed by atoms with E-state index in [4.69, 9.17) is 0 Å². The molecule has 0 fully saturated rings. The third-order valence-corrected chi connectivity index (χ3v) is 4.49. The Labute approximate surface area is 155 Å². The summed E-state index contributed by atoms with van der Waals surface area (Å²) in [5, 5.41) is 10.2. The third-order valence-electron chi connectivity index (χ3n) is 4.49. The zero-order valence-corrected chi connectivity index (χ0v) is 14.5. The van der Waals surface area contributed by atoms with Gasteiger partial charge in [0, 0.05) is 42.3 Å². The number of nitrogens with one attached hydrogen (secondary N) is 1. The average molecular weight is 357 g/mol. The molecule has 132 valence electrons. The molecule has 0 unspecified atom stereocenters. The van der Waals surface area contributed by atoms with Crippen LogP contribution in [0.3, 0.4) is 0 Å². The smallest absolute Gasteiger partial charge is 0.141 e. The number of halogens is 1. The molecule has 0 aliphatic heterocycles. The van der Waals surface area contributed by atoms with Crippen LogP contribution in [0.1, 0.15) is 27.9 Å². The summed E-state index contributed by atoms with van der Waals surface area (Å²) in [5.41, 5.74) is 5.22. The van der Waals surface area contributed by atoms with E-state index >= 15 is 0 Å². The molecule has 4 heterocycles. The number of pyridine rings is 3. The van der Waals surface area contributed by atoms with Crippen LogP contribution < -0.4 is 0 Å². The van der Waals surface area contributed by atoms with E-state index in [1.807, 2.05) is 24.5 Å². The van der Waals surface area contributed by atoms with Crippen LogP contribution in [0.25, 0.3) is 11.0 Å². The highest BCUT2D eigenvalue weighted by atomic mass is 19.1. The first-order chi connectivity index (χ1) is 13.2. The highest BCUT2D eigenvalue weighted by Crippen LogP contribution is 2.23. The second-order valence-electron chi connectivity index (χ2n) is 6.35. The predicted molar refractivity (Wildman–Crippen MR) is 99.5 cm³/mol. The van der Waals surface area contributed by atoms with Crippen molar-refractivity contribution in [3.05, 3.63) is 89.0 Å². The molecule has 6 heteroatoms. The summed E-state index contributed by atoms with van der Waals surface area (Å²) >= 11 is 0. The highest BCUT2D eigenvalue weighted by molar-refractivity contribution is 5.86. The van der Waals surface area contributed by atoms with E-state index in [1.54, 1.807) is 18.5 Å². The lowest BCUT2D eigenvalue weighted by Crippen LogP contribution is -1.97. The number of fused-ring (bicyclic) bond motifs is 1. The molecule has 0 aliphatic carbocycles. The van der Waals surface area contributed by atoms with Crippen LogP contribution in [-0.2, 0) is 19.3 Å². The normalized spacial score (nSPS) is 10.8.